The molecule has 0 saturated heterocycles. The molecule has 0 amide bonds. The third-order valence-corrected chi connectivity index (χ3v) is 1.46. The van der Waals surface area contributed by atoms with Crippen molar-refractivity contribution in [3.05, 3.63) is 29.6 Å². The van der Waals surface area contributed by atoms with Crippen LogP contribution in [0.15, 0.2) is 18.3 Å². The predicted octanol–water partition coefficient (Wildman–Crippen LogP) is 2.16. The van der Waals surface area contributed by atoms with Gasteiger partial charge < -0.3 is 5.11 Å². The molecule has 0 unspecified atom stereocenters. The summed E-state index contributed by atoms with van der Waals surface area (Å²) in [6.07, 6.45) is 2.80. The van der Waals surface area contributed by atoms with Crippen LogP contribution in [0.2, 0.25) is 0 Å². The minimum atomic E-state index is 0.0317. The van der Waals surface area contributed by atoms with Gasteiger partial charge in [0.05, 0.1) is 12.3 Å². The van der Waals surface area contributed by atoms with Crippen LogP contribution in [0.4, 0.5) is 0 Å². The number of aliphatic hydroxyl groups excluding tert-OH is 1. The van der Waals surface area contributed by atoms with Crippen molar-refractivity contribution >= 4 is 0 Å². The van der Waals surface area contributed by atoms with Gasteiger partial charge in [0.15, 0.2) is 0 Å². The molecule has 0 fully saturated rings. The summed E-state index contributed by atoms with van der Waals surface area (Å²) in [6, 6.07) is 3.83. The molecule has 1 aromatic heterocycles. The summed E-state index contributed by atoms with van der Waals surface area (Å²) in [5.41, 5.74) is 1.94. The van der Waals surface area contributed by atoms with Crippen molar-refractivity contribution in [2.24, 2.45) is 0 Å². The number of hydrogen-bond donors (Lipinski definition) is 1. The number of aliphatic hydroxyl groups is 1. The van der Waals surface area contributed by atoms with Crippen molar-refractivity contribution in [1.29, 1.82) is 0 Å². The molecule has 0 saturated carbocycles. The summed E-state index contributed by atoms with van der Waals surface area (Å²) in [5, 5.41) is 8.64. The second kappa shape index (κ2) is 6.80. The Hall–Kier alpha value is -0.890. The van der Waals surface area contributed by atoms with Gasteiger partial charge in [0.25, 0.3) is 0 Å². The second-order valence-electron chi connectivity index (χ2n) is 2.17. The fourth-order valence-electron chi connectivity index (χ4n) is 0.758. The fraction of sp³-hybridized carbons (Fsp3) is 0.500. The third kappa shape index (κ3) is 3.49. The molecule has 2 heteroatoms. The summed E-state index contributed by atoms with van der Waals surface area (Å²) < 4.78 is 0. The molecule has 0 aliphatic heterocycles. The van der Waals surface area contributed by atoms with E-state index in [0.717, 1.165) is 12.1 Å². The van der Waals surface area contributed by atoms with Crippen LogP contribution in [0.1, 0.15) is 32.0 Å². The van der Waals surface area contributed by atoms with Crippen molar-refractivity contribution in [2.45, 2.75) is 33.8 Å². The van der Waals surface area contributed by atoms with Crippen LogP contribution in [-0.2, 0) is 13.0 Å². The Kier molecular flexibility index (Phi) is 6.29. The summed E-state index contributed by atoms with van der Waals surface area (Å²) in [5.74, 6) is 0. The largest absolute Gasteiger partial charge is 0.390 e. The Bertz CT molecular complexity index is 170. The van der Waals surface area contributed by atoms with Crippen LogP contribution >= 0.6 is 0 Å². The minimum absolute atomic E-state index is 0.0317. The summed E-state index contributed by atoms with van der Waals surface area (Å²) in [7, 11) is 0. The van der Waals surface area contributed by atoms with Gasteiger partial charge in [-0.3, -0.25) is 4.98 Å². The Morgan fingerprint density at radius 1 is 1.33 bits per heavy atom. The first-order valence-electron chi connectivity index (χ1n) is 4.41. The molecule has 68 valence electrons. The number of pyridine rings is 1. The quantitative estimate of drug-likeness (QED) is 0.732. The molecule has 1 rings (SSSR count). The maximum atomic E-state index is 8.64. The average Bonchev–Trinajstić information content (AvgIpc) is 2.21. The molecule has 1 heterocycles. The number of aryl methyl sites for hydroxylation is 1. The Balaban J connectivity index is 0.000000561. The zero-order chi connectivity index (χ0) is 9.40. The van der Waals surface area contributed by atoms with E-state index in [0.29, 0.717) is 0 Å². The van der Waals surface area contributed by atoms with Gasteiger partial charge in [-0.1, -0.05) is 26.8 Å². The Labute approximate surface area is 74.3 Å². The van der Waals surface area contributed by atoms with Gasteiger partial charge in [0, 0.05) is 6.20 Å². The van der Waals surface area contributed by atoms with E-state index in [1.54, 1.807) is 6.20 Å². The topological polar surface area (TPSA) is 33.1 Å². The highest BCUT2D eigenvalue weighted by molar-refractivity contribution is 5.13. The molecule has 12 heavy (non-hydrogen) atoms. The highest BCUT2D eigenvalue weighted by atomic mass is 16.3. The number of aromatic nitrogens is 1. The molecule has 0 spiro atoms. The smallest absolute Gasteiger partial charge is 0.0852 e. The monoisotopic (exact) mass is 167 g/mol. The van der Waals surface area contributed by atoms with Crippen LogP contribution in [-0.4, -0.2) is 10.1 Å². The molecule has 1 aromatic rings. The standard InChI is InChI=1S/C8H11NO.C2H6/c1-2-7-3-4-8(6-10)9-5-7;1-2/h3-5,10H,2,6H2,1H3;1-2H3. The molecule has 2 nitrogen and oxygen atoms in total. The van der Waals surface area contributed by atoms with Gasteiger partial charge >= 0.3 is 0 Å². The molecular formula is C10H17NO. The van der Waals surface area contributed by atoms with Crippen molar-refractivity contribution < 1.29 is 5.11 Å². The molecule has 0 bridgehead atoms. The maximum absolute atomic E-state index is 8.64. The van der Waals surface area contributed by atoms with E-state index in [1.807, 2.05) is 26.0 Å². The molecule has 0 aliphatic rings. The van der Waals surface area contributed by atoms with Gasteiger partial charge in [-0.2, -0.15) is 0 Å². The molecule has 1 N–H and O–H groups in total. The average molecular weight is 167 g/mol. The minimum Gasteiger partial charge on any atom is -0.390 e. The van der Waals surface area contributed by atoms with Gasteiger partial charge in [0.2, 0.25) is 0 Å². The van der Waals surface area contributed by atoms with E-state index in [9.17, 15) is 0 Å². The zero-order valence-corrected chi connectivity index (χ0v) is 8.04. The van der Waals surface area contributed by atoms with Crippen LogP contribution < -0.4 is 0 Å². The highest BCUT2D eigenvalue weighted by Crippen LogP contribution is 1.99. The van der Waals surface area contributed by atoms with Gasteiger partial charge in [-0.25, -0.2) is 0 Å². The SMILES string of the molecule is CC.CCc1ccc(CO)nc1. The van der Waals surface area contributed by atoms with E-state index in [1.165, 1.54) is 5.56 Å². The van der Waals surface area contributed by atoms with Crippen LogP contribution in [0.25, 0.3) is 0 Å². The second-order valence-corrected chi connectivity index (χ2v) is 2.17. The lowest BCUT2D eigenvalue weighted by Crippen LogP contribution is -1.89. The number of rotatable bonds is 2. The van der Waals surface area contributed by atoms with Crippen molar-refractivity contribution in [1.82, 2.24) is 4.98 Å². The molecule has 0 radical (unpaired) electrons. The first-order chi connectivity index (χ1) is 5.86. The van der Waals surface area contributed by atoms with E-state index in [4.69, 9.17) is 5.11 Å². The lowest BCUT2D eigenvalue weighted by molar-refractivity contribution is 0.277. The maximum Gasteiger partial charge on any atom is 0.0852 e. The van der Waals surface area contributed by atoms with Gasteiger partial charge in [-0.05, 0) is 18.1 Å². The predicted molar refractivity (Wildman–Crippen MR) is 50.9 cm³/mol. The van der Waals surface area contributed by atoms with Gasteiger partial charge in [-0.15, -0.1) is 0 Å². The van der Waals surface area contributed by atoms with E-state index in [2.05, 4.69) is 11.9 Å². The lowest BCUT2D eigenvalue weighted by atomic mass is 10.2. The van der Waals surface area contributed by atoms with Gasteiger partial charge in [0.1, 0.15) is 0 Å². The normalized spacial score (nSPS) is 8.67. The summed E-state index contributed by atoms with van der Waals surface area (Å²) >= 11 is 0. The highest BCUT2D eigenvalue weighted by Gasteiger charge is 1.90. The number of hydrogen-bond acceptors (Lipinski definition) is 2. The molecular weight excluding hydrogens is 150 g/mol. The first kappa shape index (κ1) is 11.1. The zero-order valence-electron chi connectivity index (χ0n) is 8.04. The molecule has 0 atom stereocenters. The summed E-state index contributed by atoms with van der Waals surface area (Å²) in [6.45, 7) is 6.11. The Morgan fingerprint density at radius 2 is 2.00 bits per heavy atom. The third-order valence-electron chi connectivity index (χ3n) is 1.46. The first-order valence-corrected chi connectivity index (χ1v) is 4.41. The fourth-order valence-corrected chi connectivity index (χ4v) is 0.758. The summed E-state index contributed by atoms with van der Waals surface area (Å²) in [4.78, 5) is 4.02. The lowest BCUT2D eigenvalue weighted by Gasteiger charge is -1.96. The van der Waals surface area contributed by atoms with Crippen LogP contribution in [0.5, 0.6) is 0 Å². The van der Waals surface area contributed by atoms with E-state index < -0.39 is 0 Å². The van der Waals surface area contributed by atoms with Crippen molar-refractivity contribution in [3.8, 4) is 0 Å². The number of nitrogens with zero attached hydrogens (tertiary/aromatic N) is 1. The molecule has 0 aliphatic carbocycles. The van der Waals surface area contributed by atoms with E-state index >= 15 is 0 Å². The van der Waals surface area contributed by atoms with Crippen molar-refractivity contribution in [3.63, 3.8) is 0 Å². The van der Waals surface area contributed by atoms with Crippen LogP contribution in [0, 0.1) is 0 Å². The Morgan fingerprint density at radius 3 is 2.33 bits per heavy atom. The van der Waals surface area contributed by atoms with Crippen LogP contribution in [0.3, 0.4) is 0 Å². The molecule has 0 aromatic carbocycles. The van der Waals surface area contributed by atoms with Crippen molar-refractivity contribution in [2.75, 3.05) is 0 Å². The van der Waals surface area contributed by atoms with E-state index in [-0.39, 0.29) is 6.61 Å².